The Bertz CT molecular complexity index is 1790. The van der Waals surface area contributed by atoms with Crippen molar-refractivity contribution < 1.29 is 27.5 Å². The van der Waals surface area contributed by atoms with E-state index in [9.17, 15) is 18.0 Å². The Morgan fingerprint density at radius 1 is 1.06 bits per heavy atom. The van der Waals surface area contributed by atoms with Crippen molar-refractivity contribution in [3.63, 3.8) is 0 Å². The first-order valence-electron chi connectivity index (χ1n) is 16.0. The van der Waals surface area contributed by atoms with Gasteiger partial charge in [-0.2, -0.15) is 4.98 Å². The number of fused-ring (bicyclic) bond motifs is 4. The molecule has 1 aliphatic heterocycles. The van der Waals surface area contributed by atoms with Crippen molar-refractivity contribution in [2.24, 2.45) is 10.8 Å². The minimum Gasteiger partial charge on any atom is -0.475 e. The molecule has 4 bridgehead atoms. The topological polar surface area (TPSA) is 140 Å². The van der Waals surface area contributed by atoms with Crippen LogP contribution >= 0.6 is 0 Å². The van der Waals surface area contributed by atoms with Crippen LogP contribution in [0.4, 0.5) is 10.7 Å². The number of sulfonamides is 1. The summed E-state index contributed by atoms with van der Waals surface area (Å²) in [7, 11) is -2.80. The van der Waals surface area contributed by atoms with Crippen molar-refractivity contribution in [2.45, 2.75) is 89.7 Å². The number of anilines is 1. The number of alkyl carbamates (subject to hydrolysis) is 1. The Morgan fingerprint density at radius 2 is 1.74 bits per heavy atom. The second-order valence-electron chi connectivity index (χ2n) is 14.6. The van der Waals surface area contributed by atoms with Gasteiger partial charge in [-0.1, -0.05) is 45.0 Å². The number of carbonyl (C=O) groups excluding carboxylic acids is 2. The molecule has 1 aromatic heterocycles. The lowest BCUT2D eigenvalue weighted by Gasteiger charge is -2.60. The molecule has 2 aliphatic carbocycles. The standard InChI is InChI=1S/C35H43N5O6S/c1-21-9-7-10-22(2)30(21)28-14-29-38-32(37-28)39-47(43,44)27-12-8-11-23(13-27)31(41)40(26(20-46-29)17-34(3,4)5)25-18-35(19-25)15-24(16-35)36-33(42)45-6/h7-14,24-26H,15-20H2,1-6H3,(H,36,42)(H,37,38,39)/t24-,25-,26-,35?/m1/s1. The third-order valence-electron chi connectivity index (χ3n) is 9.55. The largest absolute Gasteiger partial charge is 0.475 e. The maximum absolute atomic E-state index is 14.5. The lowest BCUT2D eigenvalue weighted by Crippen LogP contribution is -2.64. The van der Waals surface area contributed by atoms with E-state index < -0.39 is 16.1 Å². The Kier molecular flexibility index (Phi) is 8.44. The number of aryl methyl sites for hydroxylation is 2. The predicted octanol–water partition coefficient (Wildman–Crippen LogP) is 5.87. The average Bonchev–Trinajstić information content (AvgIpc) is 2.96. The summed E-state index contributed by atoms with van der Waals surface area (Å²) in [5.74, 6) is -0.133. The smallest absolute Gasteiger partial charge is 0.407 e. The van der Waals surface area contributed by atoms with Crippen molar-refractivity contribution >= 4 is 28.0 Å². The van der Waals surface area contributed by atoms with Gasteiger partial charge >= 0.3 is 6.09 Å². The fraction of sp³-hybridized carbons (Fsp3) is 0.486. The van der Waals surface area contributed by atoms with Crippen molar-refractivity contribution in [3.05, 3.63) is 65.2 Å². The molecule has 12 heteroatoms. The molecule has 250 valence electrons. The number of carbonyl (C=O) groups is 2. The summed E-state index contributed by atoms with van der Waals surface area (Å²) >= 11 is 0. The van der Waals surface area contributed by atoms with Crippen LogP contribution in [0.25, 0.3) is 11.3 Å². The Morgan fingerprint density at radius 3 is 2.40 bits per heavy atom. The molecule has 0 unspecified atom stereocenters. The third kappa shape index (κ3) is 6.79. The number of aromatic nitrogens is 2. The minimum absolute atomic E-state index is 0.0436. The number of nitrogens with zero attached hydrogens (tertiary/aromatic N) is 3. The van der Waals surface area contributed by atoms with Crippen LogP contribution in [0.2, 0.25) is 0 Å². The number of ether oxygens (including phenoxy) is 2. The van der Waals surface area contributed by atoms with Crippen molar-refractivity contribution in [3.8, 4) is 17.1 Å². The first-order valence-corrected chi connectivity index (χ1v) is 17.5. The molecule has 2 N–H and O–H groups in total. The molecule has 2 heterocycles. The van der Waals surface area contributed by atoms with Crippen LogP contribution in [-0.2, 0) is 14.8 Å². The first-order chi connectivity index (χ1) is 22.1. The number of nitrogens with one attached hydrogen (secondary N) is 2. The molecule has 2 amide bonds. The SMILES string of the molecule is COC(=O)N[C@H]1CC2(C1)C[C@H](N1C(=O)c3cccc(c3)S(=O)(=O)Nc3nc(cc(-c4c(C)cccc4C)n3)OC[C@H]1CC(C)(C)C)C2. The van der Waals surface area contributed by atoms with Crippen LogP contribution < -0.4 is 14.8 Å². The molecular weight excluding hydrogens is 618 g/mol. The van der Waals surface area contributed by atoms with E-state index in [0.29, 0.717) is 12.1 Å². The van der Waals surface area contributed by atoms with Gasteiger partial charge in [0.15, 0.2) is 0 Å². The molecule has 2 aromatic carbocycles. The van der Waals surface area contributed by atoms with E-state index in [2.05, 4.69) is 40.8 Å². The lowest BCUT2D eigenvalue weighted by molar-refractivity contribution is -0.0788. The van der Waals surface area contributed by atoms with Gasteiger partial charge in [0.1, 0.15) is 6.61 Å². The quantitative estimate of drug-likeness (QED) is 0.354. The highest BCUT2D eigenvalue weighted by Gasteiger charge is 2.56. The zero-order valence-corrected chi connectivity index (χ0v) is 28.6. The van der Waals surface area contributed by atoms with Gasteiger partial charge < -0.3 is 19.7 Å². The number of methoxy groups -OCH3 is 1. The van der Waals surface area contributed by atoms with Gasteiger partial charge in [0.2, 0.25) is 11.8 Å². The van der Waals surface area contributed by atoms with E-state index in [-0.39, 0.29) is 63.8 Å². The number of hydrogen-bond acceptors (Lipinski definition) is 8. The summed E-state index contributed by atoms with van der Waals surface area (Å²) in [6.45, 7) is 10.5. The highest BCUT2D eigenvalue weighted by Crippen LogP contribution is 2.58. The van der Waals surface area contributed by atoms with E-state index in [4.69, 9.17) is 9.47 Å². The number of amides is 2. The second kappa shape index (κ2) is 12.1. The van der Waals surface area contributed by atoms with E-state index in [1.807, 2.05) is 36.9 Å². The van der Waals surface area contributed by atoms with E-state index in [1.165, 1.54) is 19.2 Å². The zero-order chi connectivity index (χ0) is 33.7. The molecular formula is C35H43N5O6S. The highest BCUT2D eigenvalue weighted by molar-refractivity contribution is 7.92. The van der Waals surface area contributed by atoms with Gasteiger partial charge in [0.25, 0.3) is 15.9 Å². The molecule has 11 nitrogen and oxygen atoms in total. The monoisotopic (exact) mass is 661 g/mol. The second-order valence-corrected chi connectivity index (χ2v) is 16.2. The summed E-state index contributed by atoms with van der Waals surface area (Å²) in [5, 5.41) is 2.89. The van der Waals surface area contributed by atoms with Gasteiger partial charge in [-0.15, -0.1) is 0 Å². The molecule has 0 saturated heterocycles. The zero-order valence-electron chi connectivity index (χ0n) is 27.8. The average molecular weight is 662 g/mol. The molecule has 3 aliphatic rings. The Labute approximate surface area is 276 Å². The lowest BCUT2D eigenvalue weighted by atomic mass is 9.51. The molecule has 0 radical (unpaired) electrons. The fourth-order valence-electron chi connectivity index (χ4n) is 7.55. The Balaban J connectivity index is 1.40. The third-order valence-corrected chi connectivity index (χ3v) is 10.9. The first kappa shape index (κ1) is 32.7. The van der Waals surface area contributed by atoms with Crippen LogP contribution in [0.1, 0.15) is 74.4 Å². The van der Waals surface area contributed by atoms with Crippen molar-refractivity contribution in [1.29, 1.82) is 0 Å². The summed E-state index contributed by atoms with van der Waals surface area (Å²) in [6.07, 6.45) is 3.43. The van der Waals surface area contributed by atoms with Crippen LogP contribution in [0.3, 0.4) is 0 Å². The number of rotatable bonds is 4. The predicted molar refractivity (Wildman–Crippen MR) is 178 cm³/mol. The van der Waals surface area contributed by atoms with Gasteiger partial charge in [0, 0.05) is 29.3 Å². The van der Waals surface area contributed by atoms with Crippen molar-refractivity contribution in [1.82, 2.24) is 20.2 Å². The summed E-state index contributed by atoms with van der Waals surface area (Å²) in [6, 6.07) is 13.4. The highest BCUT2D eigenvalue weighted by atomic mass is 32.2. The number of hydrogen-bond donors (Lipinski definition) is 2. The maximum Gasteiger partial charge on any atom is 0.407 e. The van der Waals surface area contributed by atoms with Gasteiger partial charge in [-0.3, -0.25) is 4.79 Å². The van der Waals surface area contributed by atoms with E-state index in [0.717, 1.165) is 42.4 Å². The molecule has 47 heavy (non-hydrogen) atoms. The summed E-state index contributed by atoms with van der Waals surface area (Å²) < 4.78 is 41.0. The molecule has 6 rings (SSSR count). The Hall–Kier alpha value is -4.19. The molecule has 2 fully saturated rings. The van der Waals surface area contributed by atoms with Crippen LogP contribution in [0.15, 0.2) is 53.4 Å². The van der Waals surface area contributed by atoms with Crippen LogP contribution in [0, 0.1) is 24.7 Å². The molecule has 1 atom stereocenters. The summed E-state index contributed by atoms with van der Waals surface area (Å²) in [4.78, 5) is 37.2. The molecule has 1 spiro atoms. The fourth-order valence-corrected chi connectivity index (χ4v) is 8.54. The normalized spacial score (nSPS) is 25.1. The van der Waals surface area contributed by atoms with E-state index in [1.54, 1.807) is 18.2 Å². The molecule has 2 saturated carbocycles. The maximum atomic E-state index is 14.5. The number of benzene rings is 2. The van der Waals surface area contributed by atoms with Gasteiger partial charge in [-0.25, -0.2) is 22.9 Å². The van der Waals surface area contributed by atoms with E-state index >= 15 is 0 Å². The summed E-state index contributed by atoms with van der Waals surface area (Å²) in [5.41, 5.74) is 3.55. The van der Waals surface area contributed by atoms with Crippen molar-refractivity contribution in [2.75, 3.05) is 18.4 Å². The van der Waals surface area contributed by atoms with Crippen LogP contribution in [0.5, 0.6) is 5.88 Å². The van der Waals surface area contributed by atoms with Gasteiger partial charge in [0.05, 0.1) is 23.7 Å². The minimum atomic E-state index is -4.15. The van der Waals surface area contributed by atoms with Crippen LogP contribution in [-0.4, -0.2) is 67.1 Å². The van der Waals surface area contributed by atoms with Gasteiger partial charge in [-0.05, 0) is 86.1 Å². The molecule has 3 aromatic rings.